The van der Waals surface area contributed by atoms with Crippen LogP contribution in [0.25, 0.3) is 22.1 Å². The van der Waals surface area contributed by atoms with Crippen molar-refractivity contribution < 1.29 is 48.0 Å². The molecule has 0 saturated carbocycles. The average molecular weight is 907 g/mol. The molecule has 318 valence electrons. The normalized spacial score (nSPS) is 11.6. The van der Waals surface area contributed by atoms with Crippen LogP contribution < -0.4 is 9.44 Å². The molecule has 0 saturated heterocycles. The fraction of sp³-hybridized carbons (Fsp3) is 0.231. The molecule has 0 spiro atoms. The number of hydrogen-bond donors (Lipinski definition) is 1. The highest BCUT2D eigenvalue weighted by molar-refractivity contribution is 8.13. The Morgan fingerprint density at radius 1 is 0.600 bits per heavy atom. The summed E-state index contributed by atoms with van der Waals surface area (Å²) in [6.45, 7) is 4.79. The lowest BCUT2D eigenvalue weighted by Crippen LogP contribution is -2.40. The molecule has 0 aliphatic heterocycles. The molecule has 2 N–H and O–H groups in total. The van der Waals surface area contributed by atoms with Crippen LogP contribution in [0.5, 0.6) is 0 Å². The van der Waals surface area contributed by atoms with Gasteiger partial charge in [0.2, 0.25) is 29.1 Å². The molecule has 6 rings (SSSR count). The number of nitrogens with zero attached hydrogens (tertiary/aromatic N) is 5. The van der Waals surface area contributed by atoms with Crippen molar-refractivity contribution in [2.45, 2.75) is 40.0 Å². The molecule has 0 amide bonds. The molecule has 0 bridgehead atoms. The Bertz CT molecular complexity index is 2850. The maximum Gasteiger partial charge on any atom is 0.248 e. The van der Waals surface area contributed by atoms with Crippen LogP contribution in [-0.2, 0) is 29.1 Å². The molecule has 60 heavy (non-hydrogen) atoms. The number of nitrogen functional groups attached to an aromatic ring is 1. The summed E-state index contributed by atoms with van der Waals surface area (Å²) in [7, 11) is -7.44. The summed E-state index contributed by atoms with van der Waals surface area (Å²) in [5.41, 5.74) is 6.13. The molecule has 4 aromatic carbocycles. The van der Waals surface area contributed by atoms with Crippen molar-refractivity contribution in [1.29, 1.82) is 0 Å². The van der Waals surface area contributed by atoms with Crippen molar-refractivity contribution in [3.05, 3.63) is 131 Å². The molecule has 14 nitrogen and oxygen atoms in total. The molecule has 0 aliphatic rings. The van der Waals surface area contributed by atoms with Crippen LogP contribution >= 0.6 is 10.7 Å². The van der Waals surface area contributed by atoms with Gasteiger partial charge in [-0.1, -0.05) is 20.8 Å². The summed E-state index contributed by atoms with van der Waals surface area (Å²) in [5.74, 6) is -6.06. The minimum Gasteiger partial charge on any atom is -0.399 e. The average Bonchev–Trinajstić information content (AvgIpc) is 3.19. The van der Waals surface area contributed by atoms with E-state index in [1.807, 2.05) is 0 Å². The van der Waals surface area contributed by atoms with Crippen LogP contribution in [0.3, 0.4) is 0 Å². The number of carbonyl (C=O) groups is 2. The first kappa shape index (κ1) is 47.1. The van der Waals surface area contributed by atoms with Crippen LogP contribution in [0.1, 0.15) is 71.9 Å². The number of anilines is 2. The zero-order chi connectivity index (χ0) is 44.4. The quantitative estimate of drug-likeness (QED) is 0.0704. The maximum absolute atomic E-state index is 15.5. The first-order chi connectivity index (χ1) is 28.2. The SMILES string of the molecule is CCCS(=O)(=O)Cl.CCCS(=O)(=O)N(c1ccc(F)c(C(=O)c2ccc3nccnc3c2)c1F)S(=O)(=O)CCC.Nc1ccc(F)c(C(=O)c2ccc3nccnc3c2)c1. The Morgan fingerprint density at radius 2 is 1.05 bits per heavy atom. The second-order valence-corrected chi connectivity index (χ2v) is 19.7. The smallest absolute Gasteiger partial charge is 0.248 e. The molecule has 0 aliphatic carbocycles. The molecular formula is C39H38ClF3N6O8S3. The summed E-state index contributed by atoms with van der Waals surface area (Å²) < 4.78 is 115. The Kier molecular flexibility index (Phi) is 15.8. The van der Waals surface area contributed by atoms with E-state index in [0.717, 1.165) is 0 Å². The topological polar surface area (TPSA) is 217 Å². The Hall–Kier alpha value is -5.57. The number of benzene rings is 4. The van der Waals surface area contributed by atoms with Gasteiger partial charge < -0.3 is 5.73 Å². The zero-order valence-electron chi connectivity index (χ0n) is 32.2. The van der Waals surface area contributed by atoms with Crippen molar-refractivity contribution in [2.24, 2.45) is 0 Å². The van der Waals surface area contributed by atoms with Crippen LogP contribution in [-0.4, -0.2) is 74.0 Å². The first-order valence-corrected chi connectivity index (χ1v) is 23.7. The number of hydrogen-bond acceptors (Lipinski definition) is 13. The number of carbonyl (C=O) groups excluding carboxylic acids is 2. The van der Waals surface area contributed by atoms with Gasteiger partial charge in [0.05, 0.1) is 50.5 Å². The fourth-order valence-corrected chi connectivity index (χ4v) is 10.5. The van der Waals surface area contributed by atoms with Gasteiger partial charge in [-0.25, -0.2) is 38.4 Å². The first-order valence-electron chi connectivity index (χ1n) is 18.0. The second-order valence-electron chi connectivity index (χ2n) is 12.7. The molecule has 0 unspecified atom stereocenters. The van der Waals surface area contributed by atoms with Crippen LogP contribution in [0.4, 0.5) is 24.5 Å². The largest absolute Gasteiger partial charge is 0.399 e. The fourth-order valence-electron chi connectivity index (χ4n) is 5.51. The van der Waals surface area contributed by atoms with Crippen molar-refractivity contribution in [3.8, 4) is 0 Å². The molecule has 2 heterocycles. The van der Waals surface area contributed by atoms with E-state index in [2.05, 4.69) is 19.9 Å². The van der Waals surface area contributed by atoms with E-state index in [-0.39, 0.29) is 33.4 Å². The Balaban J connectivity index is 0.000000247. The van der Waals surface area contributed by atoms with E-state index >= 15 is 4.39 Å². The van der Waals surface area contributed by atoms with E-state index in [1.165, 1.54) is 68.8 Å². The van der Waals surface area contributed by atoms with Gasteiger partial charge in [-0.15, -0.1) is 0 Å². The lowest BCUT2D eigenvalue weighted by molar-refractivity contribution is 0.102. The number of nitrogens with two attached hydrogens (primary N) is 1. The highest BCUT2D eigenvalue weighted by Crippen LogP contribution is 2.32. The van der Waals surface area contributed by atoms with Gasteiger partial charge in [-0.2, -0.15) is 3.71 Å². The predicted octanol–water partition coefficient (Wildman–Crippen LogP) is 6.97. The minimum absolute atomic E-state index is 0.0234. The third kappa shape index (κ3) is 11.8. The van der Waals surface area contributed by atoms with Gasteiger partial charge in [0.1, 0.15) is 17.3 Å². The van der Waals surface area contributed by atoms with Gasteiger partial charge in [0.25, 0.3) is 0 Å². The van der Waals surface area contributed by atoms with Crippen LogP contribution in [0, 0.1) is 17.5 Å². The maximum atomic E-state index is 15.5. The van der Waals surface area contributed by atoms with Gasteiger partial charge in [-0.3, -0.25) is 29.5 Å². The number of sulfonamides is 2. The lowest BCUT2D eigenvalue weighted by atomic mass is 10.0. The summed E-state index contributed by atoms with van der Waals surface area (Å²) in [4.78, 5) is 41.7. The summed E-state index contributed by atoms with van der Waals surface area (Å²) in [6, 6.07) is 14.2. The predicted molar refractivity (Wildman–Crippen MR) is 224 cm³/mol. The number of fused-ring (bicyclic) bond motifs is 2. The zero-order valence-corrected chi connectivity index (χ0v) is 35.4. The molecule has 0 atom stereocenters. The molecule has 0 radical (unpaired) electrons. The third-order valence-corrected chi connectivity index (χ3v) is 14.0. The molecule has 6 aromatic rings. The molecular weight excluding hydrogens is 869 g/mol. The highest BCUT2D eigenvalue weighted by atomic mass is 35.7. The Morgan fingerprint density at radius 3 is 1.50 bits per heavy atom. The van der Waals surface area contributed by atoms with Crippen molar-refractivity contribution in [2.75, 3.05) is 26.7 Å². The van der Waals surface area contributed by atoms with E-state index in [1.54, 1.807) is 31.3 Å². The molecule has 2 aromatic heterocycles. The summed E-state index contributed by atoms with van der Waals surface area (Å²) >= 11 is 0. The van der Waals surface area contributed by atoms with Crippen molar-refractivity contribution >= 4 is 84.8 Å². The van der Waals surface area contributed by atoms with Crippen molar-refractivity contribution in [3.63, 3.8) is 0 Å². The molecule has 21 heteroatoms. The van der Waals surface area contributed by atoms with Crippen LogP contribution in [0.15, 0.2) is 91.5 Å². The summed E-state index contributed by atoms with van der Waals surface area (Å²) in [6.07, 6.45) is 6.65. The molecule has 0 fully saturated rings. The standard InChI is InChI=1S/C21H21F2N3O5S2.C15H10FN3O.C3H7ClO2S/c1-3-11-32(28,29)26(33(30,31)12-4-2)18-8-6-15(22)19(20(18)23)21(27)14-5-7-16-17(13-14)25-10-9-24-16;16-12-3-2-10(17)8-11(12)15(20)9-1-4-13-14(7-9)19-6-5-18-13;1-2-3-7(4,5)6/h5-10,13H,3-4,11-12H2,1-2H3;1-8H,17H2;2-3H2,1H3. The van der Waals surface area contributed by atoms with E-state index in [9.17, 15) is 43.6 Å². The Labute approximate surface area is 349 Å². The van der Waals surface area contributed by atoms with Gasteiger partial charge in [-0.05, 0) is 86.0 Å². The summed E-state index contributed by atoms with van der Waals surface area (Å²) in [5, 5.41) is 0. The number of aromatic nitrogens is 4. The third-order valence-electron chi connectivity index (χ3n) is 8.07. The van der Waals surface area contributed by atoms with Crippen LogP contribution in [0.2, 0.25) is 0 Å². The number of ketones is 2. The van der Waals surface area contributed by atoms with Gasteiger partial charge >= 0.3 is 0 Å². The van der Waals surface area contributed by atoms with E-state index < -0.39 is 80.9 Å². The van der Waals surface area contributed by atoms with Gasteiger partial charge in [0, 0.05) is 52.3 Å². The van der Waals surface area contributed by atoms with Crippen molar-refractivity contribution in [1.82, 2.24) is 19.9 Å². The number of halogens is 4. The van der Waals surface area contributed by atoms with E-state index in [0.29, 0.717) is 51.9 Å². The second kappa shape index (κ2) is 20.1. The lowest BCUT2D eigenvalue weighted by Gasteiger charge is -2.24. The number of rotatable bonds is 13. The van der Waals surface area contributed by atoms with E-state index in [4.69, 9.17) is 16.4 Å². The van der Waals surface area contributed by atoms with Gasteiger partial charge in [0.15, 0.2) is 17.4 Å². The minimum atomic E-state index is -4.52. The highest BCUT2D eigenvalue weighted by Gasteiger charge is 2.37. The monoisotopic (exact) mass is 906 g/mol.